The number of fused-ring (bicyclic) bond motifs is 1. The number of benzene rings is 3. The van der Waals surface area contributed by atoms with Gasteiger partial charge in [-0.05, 0) is 55.8 Å². The summed E-state index contributed by atoms with van der Waals surface area (Å²) in [6.07, 6.45) is 0. The van der Waals surface area contributed by atoms with Crippen molar-refractivity contribution in [3.63, 3.8) is 0 Å². The summed E-state index contributed by atoms with van der Waals surface area (Å²) in [5.41, 5.74) is 3.06. The predicted molar refractivity (Wildman–Crippen MR) is 125 cm³/mol. The average Bonchev–Trinajstić information content (AvgIpc) is 3.17. The minimum atomic E-state index is -0.284. The van der Waals surface area contributed by atoms with Crippen LogP contribution in [-0.2, 0) is 11.3 Å². The second kappa shape index (κ2) is 10.0. The summed E-state index contributed by atoms with van der Waals surface area (Å²) in [6, 6.07) is 25.0. The Hall–Kier alpha value is -3.80. The number of aromatic nitrogens is 2. The van der Waals surface area contributed by atoms with Crippen LogP contribution >= 0.6 is 0 Å². The lowest BCUT2D eigenvalue weighted by Crippen LogP contribution is -2.33. The zero-order chi connectivity index (χ0) is 22.3. The highest BCUT2D eigenvalue weighted by Crippen LogP contribution is 2.21. The maximum atomic E-state index is 12.5. The molecule has 4 aromatic rings. The summed E-state index contributed by atoms with van der Waals surface area (Å²) in [4.78, 5) is 17.2. The van der Waals surface area contributed by atoms with Crippen LogP contribution < -0.4 is 14.8 Å². The fourth-order valence-corrected chi connectivity index (χ4v) is 3.63. The van der Waals surface area contributed by atoms with Gasteiger partial charge in [-0.2, -0.15) is 0 Å². The molecular weight excluding hydrogens is 402 g/mol. The van der Waals surface area contributed by atoms with E-state index in [1.165, 1.54) is 0 Å². The molecule has 0 spiro atoms. The second-order valence-corrected chi connectivity index (χ2v) is 7.67. The van der Waals surface area contributed by atoms with Crippen LogP contribution in [0.4, 0.5) is 0 Å². The molecule has 1 aromatic heterocycles. The summed E-state index contributed by atoms with van der Waals surface area (Å²) in [5.74, 6) is 2.09. The highest BCUT2D eigenvalue weighted by atomic mass is 16.5. The van der Waals surface area contributed by atoms with Crippen molar-refractivity contribution >= 4 is 16.9 Å². The average molecular weight is 430 g/mol. The number of hydrogen-bond acceptors (Lipinski definition) is 4. The van der Waals surface area contributed by atoms with E-state index >= 15 is 0 Å². The molecule has 32 heavy (non-hydrogen) atoms. The predicted octanol–water partition coefficient (Wildman–Crippen LogP) is 4.68. The summed E-state index contributed by atoms with van der Waals surface area (Å²) in [6.45, 7) is 5.03. The Morgan fingerprint density at radius 2 is 1.72 bits per heavy atom. The molecule has 0 bridgehead atoms. The highest BCUT2D eigenvalue weighted by molar-refractivity contribution is 5.79. The number of nitrogens with one attached hydrogen (secondary N) is 1. The topological polar surface area (TPSA) is 65.4 Å². The van der Waals surface area contributed by atoms with Crippen LogP contribution in [0.25, 0.3) is 11.0 Å². The van der Waals surface area contributed by atoms with Gasteiger partial charge in [-0.1, -0.05) is 42.5 Å². The van der Waals surface area contributed by atoms with Crippen LogP contribution in [-0.4, -0.2) is 28.7 Å². The lowest BCUT2D eigenvalue weighted by atomic mass is 10.2. The summed E-state index contributed by atoms with van der Waals surface area (Å²) >= 11 is 0. The fraction of sp³-hybridized carbons (Fsp3) is 0.231. The monoisotopic (exact) mass is 429 g/mol. The first-order valence-corrected chi connectivity index (χ1v) is 10.7. The largest absolute Gasteiger partial charge is 0.492 e. The molecule has 1 atom stereocenters. The number of rotatable bonds is 9. The molecule has 0 saturated heterocycles. The molecule has 0 radical (unpaired) electrons. The first kappa shape index (κ1) is 21.4. The van der Waals surface area contributed by atoms with Crippen LogP contribution in [0.1, 0.15) is 24.4 Å². The van der Waals surface area contributed by atoms with E-state index in [-0.39, 0.29) is 18.6 Å². The Labute approximate surface area is 187 Å². The lowest BCUT2D eigenvalue weighted by Gasteiger charge is -2.17. The van der Waals surface area contributed by atoms with E-state index < -0.39 is 0 Å². The van der Waals surface area contributed by atoms with Gasteiger partial charge in [-0.15, -0.1) is 0 Å². The van der Waals surface area contributed by atoms with Crippen molar-refractivity contribution in [3.8, 4) is 11.5 Å². The van der Waals surface area contributed by atoms with Crippen molar-refractivity contribution in [2.45, 2.75) is 26.4 Å². The number of para-hydroxylation sites is 3. The third-order valence-corrected chi connectivity index (χ3v) is 5.14. The SMILES string of the molecule is Cc1cccc(OCCn2c(C(C)NC(=O)COc3ccccc3)nc3ccccc32)c1. The Bertz CT molecular complexity index is 1190. The van der Waals surface area contributed by atoms with Gasteiger partial charge in [0.05, 0.1) is 23.6 Å². The Kier molecular flexibility index (Phi) is 6.70. The lowest BCUT2D eigenvalue weighted by molar-refractivity contribution is -0.123. The van der Waals surface area contributed by atoms with Crippen LogP contribution in [0.2, 0.25) is 0 Å². The molecule has 6 heteroatoms. The minimum absolute atomic E-state index is 0.0505. The number of hydrogen-bond donors (Lipinski definition) is 1. The summed E-state index contributed by atoms with van der Waals surface area (Å²) < 4.78 is 13.6. The maximum absolute atomic E-state index is 12.5. The quantitative estimate of drug-likeness (QED) is 0.420. The normalized spacial score (nSPS) is 11.8. The zero-order valence-electron chi connectivity index (χ0n) is 18.3. The van der Waals surface area contributed by atoms with Gasteiger partial charge in [0.15, 0.2) is 6.61 Å². The maximum Gasteiger partial charge on any atom is 0.258 e. The van der Waals surface area contributed by atoms with E-state index in [2.05, 4.69) is 9.88 Å². The molecule has 0 fully saturated rings. The molecule has 0 aliphatic heterocycles. The van der Waals surface area contributed by atoms with E-state index in [0.29, 0.717) is 18.9 Å². The van der Waals surface area contributed by atoms with Crippen molar-refractivity contribution in [2.75, 3.05) is 13.2 Å². The van der Waals surface area contributed by atoms with Crippen LogP contribution in [0.15, 0.2) is 78.9 Å². The zero-order valence-corrected chi connectivity index (χ0v) is 18.3. The van der Waals surface area contributed by atoms with Crippen LogP contribution in [0, 0.1) is 6.92 Å². The fourth-order valence-electron chi connectivity index (χ4n) is 3.63. The number of amides is 1. The Balaban J connectivity index is 1.44. The number of ether oxygens (including phenoxy) is 2. The van der Waals surface area contributed by atoms with Crippen molar-refractivity contribution in [3.05, 3.63) is 90.3 Å². The standard InChI is InChI=1S/C26H27N3O3/c1-19-9-8-12-22(17-19)31-16-15-29-24-14-7-6-13-23(24)28-26(29)20(2)27-25(30)18-32-21-10-4-3-5-11-21/h3-14,17,20H,15-16,18H2,1-2H3,(H,27,30). The molecule has 0 aliphatic carbocycles. The van der Waals surface area contributed by atoms with Gasteiger partial charge in [0, 0.05) is 0 Å². The van der Waals surface area contributed by atoms with Gasteiger partial charge in [0.2, 0.25) is 0 Å². The molecule has 164 valence electrons. The summed E-state index contributed by atoms with van der Waals surface area (Å²) in [7, 11) is 0. The van der Waals surface area contributed by atoms with E-state index in [0.717, 1.165) is 28.2 Å². The molecule has 1 unspecified atom stereocenters. The second-order valence-electron chi connectivity index (χ2n) is 7.67. The Morgan fingerprint density at radius 3 is 2.53 bits per heavy atom. The molecule has 3 aromatic carbocycles. The highest BCUT2D eigenvalue weighted by Gasteiger charge is 2.18. The van der Waals surface area contributed by atoms with E-state index in [9.17, 15) is 4.79 Å². The molecule has 1 amide bonds. The third-order valence-electron chi connectivity index (χ3n) is 5.14. The molecule has 1 heterocycles. The number of carbonyl (C=O) groups is 1. The molecule has 0 saturated carbocycles. The first-order chi connectivity index (χ1) is 15.6. The van der Waals surface area contributed by atoms with Gasteiger partial charge in [0.1, 0.15) is 23.9 Å². The van der Waals surface area contributed by atoms with Crippen LogP contribution in [0.5, 0.6) is 11.5 Å². The number of imidazole rings is 1. The molecular formula is C26H27N3O3. The molecule has 6 nitrogen and oxygen atoms in total. The Morgan fingerprint density at radius 1 is 0.969 bits per heavy atom. The van der Waals surface area contributed by atoms with Crippen molar-refractivity contribution < 1.29 is 14.3 Å². The van der Waals surface area contributed by atoms with Gasteiger partial charge >= 0.3 is 0 Å². The van der Waals surface area contributed by atoms with Crippen molar-refractivity contribution in [1.29, 1.82) is 0 Å². The van der Waals surface area contributed by atoms with Gasteiger partial charge in [-0.25, -0.2) is 4.98 Å². The summed E-state index contributed by atoms with van der Waals surface area (Å²) in [5, 5.41) is 3.00. The van der Waals surface area contributed by atoms with E-state index in [4.69, 9.17) is 14.5 Å². The molecule has 0 aliphatic rings. The third kappa shape index (κ3) is 5.27. The van der Waals surface area contributed by atoms with Gasteiger partial charge in [0.25, 0.3) is 5.91 Å². The number of aryl methyl sites for hydroxylation is 1. The molecule has 1 N–H and O–H groups in total. The van der Waals surface area contributed by atoms with E-state index in [1.54, 1.807) is 0 Å². The van der Waals surface area contributed by atoms with Gasteiger partial charge in [-0.3, -0.25) is 4.79 Å². The minimum Gasteiger partial charge on any atom is -0.492 e. The number of nitrogens with zero attached hydrogens (tertiary/aromatic N) is 2. The first-order valence-electron chi connectivity index (χ1n) is 10.7. The van der Waals surface area contributed by atoms with E-state index in [1.807, 2.05) is 92.7 Å². The molecule has 4 rings (SSSR count). The van der Waals surface area contributed by atoms with Crippen molar-refractivity contribution in [2.24, 2.45) is 0 Å². The number of carbonyl (C=O) groups excluding carboxylic acids is 1. The smallest absolute Gasteiger partial charge is 0.258 e. The van der Waals surface area contributed by atoms with Gasteiger partial charge < -0.3 is 19.4 Å². The van der Waals surface area contributed by atoms with Crippen LogP contribution in [0.3, 0.4) is 0 Å². The van der Waals surface area contributed by atoms with Crippen molar-refractivity contribution in [1.82, 2.24) is 14.9 Å².